The molecule has 0 aromatic heterocycles. The monoisotopic (exact) mass is 264 g/mol. The number of hydrogen-bond acceptors (Lipinski definition) is 4. The number of carbonyl (C=O) groups is 1. The van der Waals surface area contributed by atoms with Crippen molar-refractivity contribution in [2.75, 3.05) is 0 Å². The molecular weight excluding hydrogens is 251 g/mol. The van der Waals surface area contributed by atoms with Gasteiger partial charge in [-0.1, -0.05) is 0 Å². The van der Waals surface area contributed by atoms with E-state index in [0.29, 0.717) is 0 Å². The first-order valence-corrected chi connectivity index (χ1v) is 7.42. The summed E-state index contributed by atoms with van der Waals surface area (Å²) in [7, 11) is -5.54. The Morgan fingerprint density at radius 3 is 1.72 bits per heavy atom. The van der Waals surface area contributed by atoms with Crippen LogP contribution in [0.4, 0.5) is 0 Å². The summed E-state index contributed by atoms with van der Waals surface area (Å²) < 4.78 is 0. The first-order chi connectivity index (χ1) is 8.40. The van der Waals surface area contributed by atoms with Gasteiger partial charge >= 0.3 is 104 Å². The Bertz CT molecular complexity index is 558. The third-order valence-corrected chi connectivity index (χ3v) is 4.88. The molecule has 0 saturated carbocycles. The quantitative estimate of drug-likeness (QED) is 0.733. The summed E-state index contributed by atoms with van der Waals surface area (Å²) in [6.45, 7) is 0. The Labute approximate surface area is 104 Å². The zero-order valence-corrected chi connectivity index (χ0v) is 10.4. The zero-order chi connectivity index (χ0) is 13.3. The van der Waals surface area contributed by atoms with Crippen LogP contribution >= 0.6 is 7.28 Å². The number of carbonyl (C=O) groups excluding carboxylic acids is 1. The zero-order valence-electron chi connectivity index (χ0n) is 9.47. The van der Waals surface area contributed by atoms with Crippen LogP contribution in [-0.4, -0.2) is 20.2 Å². The maximum atomic E-state index is 12.1. The van der Waals surface area contributed by atoms with Crippen molar-refractivity contribution in [1.29, 1.82) is 0 Å². The Hall–Kier alpha value is -1.58. The summed E-state index contributed by atoms with van der Waals surface area (Å²) >= 11 is 0. The van der Waals surface area contributed by atoms with Crippen LogP contribution in [0.3, 0.4) is 0 Å². The number of rotatable bonds is 3. The van der Waals surface area contributed by atoms with Gasteiger partial charge in [0.25, 0.3) is 0 Å². The number of hydrogen-bond donors (Lipinski definition) is 3. The molecule has 94 valence electrons. The normalized spacial score (nSPS) is 13.6. The molecule has 5 heteroatoms. The van der Waals surface area contributed by atoms with Gasteiger partial charge in [0, 0.05) is 0 Å². The third kappa shape index (κ3) is 2.19. The van der Waals surface area contributed by atoms with Gasteiger partial charge in [-0.2, -0.15) is 0 Å². The van der Waals surface area contributed by atoms with Crippen molar-refractivity contribution in [2.45, 2.75) is 0 Å². The van der Waals surface area contributed by atoms with Gasteiger partial charge in [-0.25, -0.2) is 0 Å². The Kier molecular flexibility index (Phi) is 3.05. The van der Waals surface area contributed by atoms with E-state index >= 15 is 0 Å². The molecule has 3 N–H and O–H groups in total. The molecule has 0 radical (unpaired) electrons. The van der Waals surface area contributed by atoms with E-state index in [1.165, 1.54) is 36.4 Å². The van der Waals surface area contributed by atoms with Crippen LogP contribution in [0.5, 0.6) is 0 Å². The van der Waals surface area contributed by atoms with E-state index in [9.17, 15) is 19.5 Å². The Balaban J connectivity index is 2.51. The summed E-state index contributed by atoms with van der Waals surface area (Å²) in [4.78, 5) is 42.3. The van der Waals surface area contributed by atoms with E-state index in [4.69, 9.17) is 0 Å². The fraction of sp³-hybridized carbons (Fsp3) is 0. The van der Waals surface area contributed by atoms with E-state index in [0.717, 1.165) is 0 Å². The fourth-order valence-corrected chi connectivity index (χ4v) is 3.22. The molecule has 0 bridgehead atoms. The van der Waals surface area contributed by atoms with Gasteiger partial charge in [0.2, 0.25) is 0 Å². The van der Waals surface area contributed by atoms with Crippen molar-refractivity contribution in [3.05, 3.63) is 66.2 Å². The first kappa shape index (κ1) is 12.9. The van der Waals surface area contributed by atoms with Gasteiger partial charge in [0.05, 0.1) is 0 Å². The van der Waals surface area contributed by atoms with Gasteiger partial charge in [-0.05, 0) is 0 Å². The SMILES string of the molecule is O=C(c1ccccc1)P(O)(O)(O)c1ccccc1. The van der Waals surface area contributed by atoms with E-state index in [1.54, 1.807) is 24.3 Å². The van der Waals surface area contributed by atoms with E-state index in [-0.39, 0.29) is 10.9 Å². The van der Waals surface area contributed by atoms with Gasteiger partial charge < -0.3 is 0 Å². The second-order valence-corrected chi connectivity index (χ2v) is 6.87. The third-order valence-electron chi connectivity index (χ3n) is 2.63. The van der Waals surface area contributed by atoms with Gasteiger partial charge in [-0.3, -0.25) is 0 Å². The minimum atomic E-state index is -5.54. The molecule has 2 rings (SSSR count). The van der Waals surface area contributed by atoms with E-state index in [2.05, 4.69) is 0 Å². The molecular formula is C13H13O4P. The van der Waals surface area contributed by atoms with Gasteiger partial charge in [0.15, 0.2) is 0 Å². The van der Waals surface area contributed by atoms with Gasteiger partial charge in [-0.15, -0.1) is 0 Å². The van der Waals surface area contributed by atoms with Crippen LogP contribution in [0.2, 0.25) is 0 Å². The average molecular weight is 264 g/mol. The molecule has 2 aromatic carbocycles. The summed E-state index contributed by atoms with van der Waals surface area (Å²) in [6.07, 6.45) is 0. The van der Waals surface area contributed by atoms with Crippen molar-refractivity contribution in [3.8, 4) is 0 Å². The molecule has 0 atom stereocenters. The van der Waals surface area contributed by atoms with E-state index in [1.807, 2.05) is 0 Å². The predicted molar refractivity (Wildman–Crippen MR) is 70.4 cm³/mol. The van der Waals surface area contributed by atoms with Crippen molar-refractivity contribution in [3.63, 3.8) is 0 Å². The van der Waals surface area contributed by atoms with Crippen molar-refractivity contribution >= 4 is 18.1 Å². The molecule has 0 spiro atoms. The van der Waals surface area contributed by atoms with Crippen molar-refractivity contribution in [1.82, 2.24) is 0 Å². The average Bonchev–Trinajstić information content (AvgIpc) is 2.39. The maximum absolute atomic E-state index is 12.1. The summed E-state index contributed by atoms with van der Waals surface area (Å²) in [5.74, 6) is 0. The van der Waals surface area contributed by atoms with Gasteiger partial charge in [0.1, 0.15) is 0 Å². The number of benzene rings is 2. The summed E-state index contributed by atoms with van der Waals surface area (Å²) in [6, 6.07) is 15.1. The molecule has 0 heterocycles. The molecule has 0 saturated heterocycles. The second-order valence-electron chi connectivity index (χ2n) is 3.99. The molecule has 0 aliphatic carbocycles. The predicted octanol–water partition coefficient (Wildman–Crippen LogP) is 1.43. The molecule has 0 unspecified atom stereocenters. The van der Waals surface area contributed by atoms with Crippen LogP contribution in [0.15, 0.2) is 60.7 Å². The van der Waals surface area contributed by atoms with Crippen molar-refractivity contribution in [2.24, 2.45) is 0 Å². The molecule has 4 nitrogen and oxygen atoms in total. The molecule has 0 aliphatic rings. The van der Waals surface area contributed by atoms with Crippen LogP contribution in [0.1, 0.15) is 10.4 Å². The Morgan fingerprint density at radius 1 is 0.778 bits per heavy atom. The fourth-order valence-electron chi connectivity index (χ4n) is 1.64. The van der Waals surface area contributed by atoms with E-state index < -0.39 is 12.8 Å². The molecule has 18 heavy (non-hydrogen) atoms. The minimum absolute atomic E-state index is 0.0616. The van der Waals surface area contributed by atoms with Crippen molar-refractivity contribution < 1.29 is 19.5 Å². The molecule has 0 amide bonds. The molecule has 0 aliphatic heterocycles. The summed E-state index contributed by atoms with van der Waals surface area (Å²) in [5.41, 5.74) is -1.00. The van der Waals surface area contributed by atoms with Crippen LogP contribution < -0.4 is 5.30 Å². The topological polar surface area (TPSA) is 77.8 Å². The van der Waals surface area contributed by atoms with Crippen LogP contribution in [0.25, 0.3) is 0 Å². The first-order valence-electron chi connectivity index (χ1n) is 5.32. The second kappa shape index (κ2) is 4.26. The summed E-state index contributed by atoms with van der Waals surface area (Å²) in [5, 5.41) is -0.169. The molecule has 2 aromatic rings. The van der Waals surface area contributed by atoms with Crippen LogP contribution in [0, 0.1) is 0 Å². The standard InChI is InChI=1S/C13H13O4P/c14-13(11-7-3-1-4-8-11)18(15,16,17)12-9-5-2-6-10-12/h1-10,15-17H. The van der Waals surface area contributed by atoms with Crippen LogP contribution in [-0.2, 0) is 0 Å². The molecule has 0 fully saturated rings. The Morgan fingerprint density at radius 2 is 1.22 bits per heavy atom.